The lowest BCUT2D eigenvalue weighted by Gasteiger charge is -2.11. The van der Waals surface area contributed by atoms with E-state index in [2.05, 4.69) is 10.3 Å². The third-order valence-electron chi connectivity index (χ3n) is 2.54. The molecule has 0 aliphatic rings. The fourth-order valence-electron chi connectivity index (χ4n) is 1.61. The van der Waals surface area contributed by atoms with E-state index >= 15 is 0 Å². The molecule has 0 aliphatic carbocycles. The highest BCUT2D eigenvalue weighted by molar-refractivity contribution is 7.09. The average molecular weight is 270 g/mol. The molecule has 0 fully saturated rings. The Morgan fingerprint density at radius 2 is 2.28 bits per heavy atom. The summed E-state index contributed by atoms with van der Waals surface area (Å²) in [6.45, 7) is 3.99. The Bertz CT molecular complexity index is 417. The molecule has 1 aromatic heterocycles. The topological polar surface area (TPSA) is 79.3 Å². The van der Waals surface area contributed by atoms with Crippen molar-refractivity contribution in [3.63, 3.8) is 0 Å². The first kappa shape index (κ1) is 14.6. The van der Waals surface area contributed by atoms with Crippen LogP contribution in [0.1, 0.15) is 30.5 Å². The third-order valence-corrected chi connectivity index (χ3v) is 3.36. The van der Waals surface area contributed by atoms with Crippen molar-refractivity contribution in [2.45, 2.75) is 33.1 Å². The molecule has 0 saturated heterocycles. The second kappa shape index (κ2) is 7.10. The van der Waals surface area contributed by atoms with Crippen LogP contribution in [0.25, 0.3) is 0 Å². The fraction of sp³-hybridized carbons (Fsp3) is 0.583. The van der Waals surface area contributed by atoms with Crippen LogP contribution in [0.4, 0.5) is 0 Å². The van der Waals surface area contributed by atoms with Crippen molar-refractivity contribution in [3.8, 4) is 0 Å². The number of carboxylic acids is 1. The maximum atomic E-state index is 11.6. The predicted octanol–water partition coefficient (Wildman–Crippen LogP) is 1.61. The molecule has 0 bridgehead atoms. The number of rotatable bonds is 7. The van der Waals surface area contributed by atoms with Gasteiger partial charge >= 0.3 is 5.97 Å². The van der Waals surface area contributed by atoms with Crippen LogP contribution in [0.3, 0.4) is 0 Å². The molecule has 1 rings (SSSR count). The molecule has 1 aromatic rings. The normalized spacial score (nSPS) is 12.1. The van der Waals surface area contributed by atoms with Gasteiger partial charge in [-0.1, -0.05) is 13.3 Å². The summed E-state index contributed by atoms with van der Waals surface area (Å²) in [4.78, 5) is 26.7. The van der Waals surface area contributed by atoms with Gasteiger partial charge in [0.1, 0.15) is 0 Å². The summed E-state index contributed by atoms with van der Waals surface area (Å²) in [5.41, 5.74) is 0.734. The summed E-state index contributed by atoms with van der Waals surface area (Å²) >= 11 is 1.50. The Morgan fingerprint density at radius 1 is 1.56 bits per heavy atom. The van der Waals surface area contributed by atoms with Gasteiger partial charge < -0.3 is 10.4 Å². The number of thiazole rings is 1. The summed E-state index contributed by atoms with van der Waals surface area (Å²) in [5.74, 6) is -1.54. The number of hydrogen-bond acceptors (Lipinski definition) is 4. The Morgan fingerprint density at radius 3 is 2.78 bits per heavy atom. The summed E-state index contributed by atoms with van der Waals surface area (Å²) in [7, 11) is 0. The molecule has 0 spiro atoms. The minimum Gasteiger partial charge on any atom is -0.481 e. The predicted molar refractivity (Wildman–Crippen MR) is 69.6 cm³/mol. The number of nitrogens with one attached hydrogen (secondary N) is 1. The van der Waals surface area contributed by atoms with Gasteiger partial charge in [-0.3, -0.25) is 9.59 Å². The van der Waals surface area contributed by atoms with Gasteiger partial charge in [-0.25, -0.2) is 4.98 Å². The van der Waals surface area contributed by atoms with Crippen molar-refractivity contribution in [1.29, 1.82) is 0 Å². The number of aliphatic carboxylic acids is 1. The molecule has 1 atom stereocenters. The smallest absolute Gasteiger partial charge is 0.308 e. The second-order valence-electron chi connectivity index (χ2n) is 4.16. The Hall–Kier alpha value is -1.43. The van der Waals surface area contributed by atoms with E-state index in [1.165, 1.54) is 11.3 Å². The first-order valence-corrected chi connectivity index (χ1v) is 6.81. The Labute approximate surface area is 110 Å². The van der Waals surface area contributed by atoms with Gasteiger partial charge in [0.2, 0.25) is 5.91 Å². The molecule has 1 unspecified atom stereocenters. The van der Waals surface area contributed by atoms with Gasteiger partial charge in [-0.05, 0) is 13.3 Å². The van der Waals surface area contributed by atoms with Gasteiger partial charge in [0, 0.05) is 11.9 Å². The van der Waals surface area contributed by atoms with Gasteiger partial charge in [0.25, 0.3) is 0 Å². The molecule has 0 aliphatic heterocycles. The van der Waals surface area contributed by atoms with Crippen LogP contribution < -0.4 is 5.32 Å². The number of carbonyl (C=O) groups is 2. The maximum absolute atomic E-state index is 11.6. The number of nitrogens with zero attached hydrogens (tertiary/aromatic N) is 1. The van der Waals surface area contributed by atoms with Crippen molar-refractivity contribution in [2.75, 3.05) is 6.54 Å². The number of aromatic nitrogens is 1. The minimum absolute atomic E-state index is 0.178. The number of carboxylic acid groups (broad SMARTS) is 1. The summed E-state index contributed by atoms with van der Waals surface area (Å²) in [6.07, 6.45) is 1.58. The van der Waals surface area contributed by atoms with Crippen molar-refractivity contribution in [2.24, 2.45) is 5.92 Å². The van der Waals surface area contributed by atoms with Gasteiger partial charge in [0.05, 0.1) is 23.0 Å². The molecular weight excluding hydrogens is 252 g/mol. The summed E-state index contributed by atoms with van der Waals surface area (Å²) in [5, 5.41) is 14.4. The van der Waals surface area contributed by atoms with Crippen LogP contribution in [0, 0.1) is 12.8 Å². The van der Waals surface area contributed by atoms with Gasteiger partial charge in [-0.2, -0.15) is 0 Å². The molecule has 18 heavy (non-hydrogen) atoms. The average Bonchev–Trinajstić information content (AvgIpc) is 2.69. The lowest BCUT2D eigenvalue weighted by Crippen LogP contribution is -2.33. The number of hydrogen-bond donors (Lipinski definition) is 2. The zero-order valence-electron chi connectivity index (χ0n) is 10.6. The van der Waals surface area contributed by atoms with Gasteiger partial charge in [-0.15, -0.1) is 11.3 Å². The van der Waals surface area contributed by atoms with Crippen LogP contribution in [0.15, 0.2) is 5.38 Å². The van der Waals surface area contributed by atoms with Crippen molar-refractivity contribution in [3.05, 3.63) is 16.1 Å². The van der Waals surface area contributed by atoms with E-state index in [9.17, 15) is 9.59 Å². The summed E-state index contributed by atoms with van der Waals surface area (Å²) in [6, 6.07) is 0. The molecule has 0 radical (unpaired) electrons. The lowest BCUT2D eigenvalue weighted by molar-refractivity contribution is -0.141. The molecule has 2 N–H and O–H groups in total. The molecule has 5 nitrogen and oxygen atoms in total. The Balaban J connectivity index is 2.38. The molecule has 0 saturated carbocycles. The quantitative estimate of drug-likeness (QED) is 0.789. The maximum Gasteiger partial charge on any atom is 0.308 e. The lowest BCUT2D eigenvalue weighted by atomic mass is 10.0. The molecule has 0 aromatic carbocycles. The third kappa shape index (κ3) is 4.83. The first-order valence-electron chi connectivity index (χ1n) is 5.93. The van der Waals surface area contributed by atoms with Crippen molar-refractivity contribution >= 4 is 23.2 Å². The van der Waals surface area contributed by atoms with E-state index in [1.807, 2.05) is 19.2 Å². The monoisotopic (exact) mass is 270 g/mol. The van der Waals surface area contributed by atoms with E-state index in [0.29, 0.717) is 6.42 Å². The minimum atomic E-state index is -0.860. The standard InChI is InChI=1S/C12H18N2O3S/c1-3-4-9(12(16)17)6-13-11(15)5-10-7-18-8(2)14-10/h7,9H,3-6H2,1-2H3,(H,13,15)(H,16,17). The van der Waals surface area contributed by atoms with Crippen LogP contribution in [-0.2, 0) is 16.0 Å². The van der Waals surface area contributed by atoms with Crippen LogP contribution in [-0.4, -0.2) is 28.5 Å². The van der Waals surface area contributed by atoms with E-state index in [4.69, 9.17) is 5.11 Å². The van der Waals surface area contributed by atoms with Crippen LogP contribution in [0.2, 0.25) is 0 Å². The molecule has 1 heterocycles. The molecule has 6 heteroatoms. The van der Waals surface area contributed by atoms with Crippen molar-refractivity contribution in [1.82, 2.24) is 10.3 Å². The number of amides is 1. The highest BCUT2D eigenvalue weighted by Crippen LogP contribution is 2.09. The molecule has 100 valence electrons. The number of carbonyl (C=O) groups excluding carboxylic acids is 1. The zero-order chi connectivity index (χ0) is 13.5. The molecule has 1 amide bonds. The largest absolute Gasteiger partial charge is 0.481 e. The SMILES string of the molecule is CCCC(CNC(=O)Cc1csc(C)n1)C(=O)O. The number of aryl methyl sites for hydroxylation is 1. The van der Waals surface area contributed by atoms with E-state index in [-0.39, 0.29) is 18.9 Å². The van der Waals surface area contributed by atoms with E-state index in [0.717, 1.165) is 17.1 Å². The first-order chi connectivity index (χ1) is 8.52. The zero-order valence-corrected chi connectivity index (χ0v) is 11.4. The van der Waals surface area contributed by atoms with E-state index in [1.54, 1.807) is 0 Å². The Kier molecular flexibility index (Phi) is 5.77. The summed E-state index contributed by atoms with van der Waals surface area (Å²) < 4.78 is 0. The second-order valence-corrected chi connectivity index (χ2v) is 5.22. The highest BCUT2D eigenvalue weighted by atomic mass is 32.1. The van der Waals surface area contributed by atoms with E-state index < -0.39 is 11.9 Å². The fourth-order valence-corrected chi connectivity index (χ4v) is 2.23. The van der Waals surface area contributed by atoms with Crippen molar-refractivity contribution < 1.29 is 14.7 Å². The van der Waals surface area contributed by atoms with Crippen LogP contribution >= 0.6 is 11.3 Å². The highest BCUT2D eigenvalue weighted by Gasteiger charge is 2.17. The molecular formula is C12H18N2O3S. The van der Waals surface area contributed by atoms with Gasteiger partial charge in [0.15, 0.2) is 0 Å². The van der Waals surface area contributed by atoms with Crippen LogP contribution in [0.5, 0.6) is 0 Å².